The van der Waals surface area contributed by atoms with Crippen LogP contribution in [0.25, 0.3) is 0 Å². The molecular weight excluding hydrogens is 458 g/mol. The Kier molecular flexibility index (Phi) is 7.24. The highest BCUT2D eigenvalue weighted by Crippen LogP contribution is 2.37. The van der Waals surface area contributed by atoms with Crippen LogP contribution in [0.3, 0.4) is 0 Å². The van der Waals surface area contributed by atoms with Crippen molar-refractivity contribution in [2.45, 2.75) is 20.3 Å². The number of hydrogen-bond donors (Lipinski definition) is 2. The van der Waals surface area contributed by atoms with Crippen molar-refractivity contribution in [2.24, 2.45) is 5.92 Å². The van der Waals surface area contributed by atoms with Gasteiger partial charge < -0.3 is 25.0 Å². The van der Waals surface area contributed by atoms with Crippen molar-refractivity contribution in [3.05, 3.63) is 77.4 Å². The highest BCUT2D eigenvalue weighted by atomic mass is 16.5. The minimum Gasteiger partial charge on any atom is -0.494 e. The molecule has 8 nitrogen and oxygen atoms in total. The quantitative estimate of drug-likeness (QED) is 0.509. The van der Waals surface area contributed by atoms with E-state index in [1.807, 2.05) is 38.1 Å². The van der Waals surface area contributed by atoms with E-state index in [0.717, 1.165) is 16.8 Å². The standard InChI is InChI=1S/C28H29N3O5/c1-17-10-11-18(2)23(12-17)31-16-20(13-26(31)32)28(34)30-22-15-24(35-3)21(14-25(22)36-4)29-27(33)19-8-6-5-7-9-19/h5-12,14-15,20H,13,16H2,1-4H3,(H,29,33)(H,30,34). The van der Waals surface area contributed by atoms with E-state index >= 15 is 0 Å². The third kappa shape index (κ3) is 5.17. The monoisotopic (exact) mass is 487 g/mol. The zero-order valence-electron chi connectivity index (χ0n) is 20.8. The first-order valence-corrected chi connectivity index (χ1v) is 11.6. The lowest BCUT2D eigenvalue weighted by Gasteiger charge is -2.20. The minimum atomic E-state index is -0.523. The van der Waals surface area contributed by atoms with Gasteiger partial charge in [0.2, 0.25) is 11.8 Å². The molecule has 3 amide bonds. The summed E-state index contributed by atoms with van der Waals surface area (Å²) in [4.78, 5) is 40.2. The molecule has 1 unspecified atom stereocenters. The van der Waals surface area contributed by atoms with E-state index < -0.39 is 5.92 Å². The topological polar surface area (TPSA) is 97.0 Å². The predicted octanol–water partition coefficient (Wildman–Crippen LogP) is 4.56. The lowest BCUT2D eigenvalue weighted by Crippen LogP contribution is -2.28. The Hall–Kier alpha value is -4.33. The molecule has 0 radical (unpaired) electrons. The van der Waals surface area contributed by atoms with Crippen molar-refractivity contribution in [3.63, 3.8) is 0 Å². The van der Waals surface area contributed by atoms with Crippen LogP contribution in [0, 0.1) is 19.8 Å². The molecule has 1 aliphatic rings. The zero-order valence-corrected chi connectivity index (χ0v) is 20.8. The maximum Gasteiger partial charge on any atom is 0.255 e. The summed E-state index contributed by atoms with van der Waals surface area (Å²) in [7, 11) is 2.95. The van der Waals surface area contributed by atoms with Gasteiger partial charge in [-0.1, -0.05) is 30.3 Å². The second kappa shape index (κ2) is 10.5. The van der Waals surface area contributed by atoms with Gasteiger partial charge in [0.25, 0.3) is 5.91 Å². The number of aryl methyl sites for hydroxylation is 2. The first-order chi connectivity index (χ1) is 17.3. The van der Waals surface area contributed by atoms with Crippen molar-refractivity contribution in [3.8, 4) is 11.5 Å². The van der Waals surface area contributed by atoms with E-state index in [0.29, 0.717) is 35.0 Å². The number of methoxy groups -OCH3 is 2. The number of carbonyl (C=O) groups is 3. The van der Waals surface area contributed by atoms with E-state index in [9.17, 15) is 14.4 Å². The minimum absolute atomic E-state index is 0.0904. The predicted molar refractivity (Wildman–Crippen MR) is 139 cm³/mol. The van der Waals surface area contributed by atoms with Crippen LogP contribution in [0.15, 0.2) is 60.7 Å². The summed E-state index contributed by atoms with van der Waals surface area (Å²) in [5.74, 6) is -0.502. The molecule has 1 heterocycles. The number of nitrogens with zero attached hydrogens (tertiary/aromatic N) is 1. The maximum atomic E-state index is 13.1. The summed E-state index contributed by atoms with van der Waals surface area (Å²) in [5, 5.41) is 5.69. The normalized spacial score (nSPS) is 14.9. The molecule has 1 atom stereocenters. The molecule has 0 bridgehead atoms. The SMILES string of the molecule is COc1cc(NC(=O)C2CC(=O)N(c3cc(C)ccc3C)C2)c(OC)cc1NC(=O)c1ccccc1. The first kappa shape index (κ1) is 24.8. The van der Waals surface area contributed by atoms with E-state index in [2.05, 4.69) is 10.6 Å². The number of ether oxygens (including phenoxy) is 2. The molecule has 0 spiro atoms. The van der Waals surface area contributed by atoms with Gasteiger partial charge in [0.05, 0.1) is 31.5 Å². The number of hydrogen-bond acceptors (Lipinski definition) is 5. The van der Waals surface area contributed by atoms with Crippen molar-refractivity contribution < 1.29 is 23.9 Å². The van der Waals surface area contributed by atoms with Crippen LogP contribution in [0.1, 0.15) is 27.9 Å². The van der Waals surface area contributed by atoms with Gasteiger partial charge in [-0.25, -0.2) is 0 Å². The Morgan fingerprint density at radius 2 is 1.53 bits per heavy atom. The zero-order chi connectivity index (χ0) is 25.8. The van der Waals surface area contributed by atoms with E-state index in [1.54, 1.807) is 41.3 Å². The fourth-order valence-corrected chi connectivity index (χ4v) is 4.24. The summed E-state index contributed by atoms with van der Waals surface area (Å²) >= 11 is 0. The Labute approximate surface area is 210 Å². The lowest BCUT2D eigenvalue weighted by atomic mass is 10.1. The molecule has 4 rings (SSSR count). The first-order valence-electron chi connectivity index (χ1n) is 11.6. The summed E-state index contributed by atoms with van der Waals surface area (Å²) in [6.45, 7) is 4.21. The van der Waals surface area contributed by atoms with E-state index in [4.69, 9.17) is 9.47 Å². The molecular formula is C28H29N3O5. The summed E-state index contributed by atoms with van der Waals surface area (Å²) in [5.41, 5.74) is 4.14. The van der Waals surface area contributed by atoms with Gasteiger partial charge in [-0.2, -0.15) is 0 Å². The molecule has 186 valence electrons. The van der Waals surface area contributed by atoms with Crippen molar-refractivity contribution in [1.82, 2.24) is 0 Å². The van der Waals surface area contributed by atoms with Crippen LogP contribution in [0.4, 0.5) is 17.1 Å². The number of nitrogens with one attached hydrogen (secondary N) is 2. The lowest BCUT2D eigenvalue weighted by molar-refractivity contribution is -0.122. The maximum absolute atomic E-state index is 13.1. The van der Waals surface area contributed by atoms with Crippen LogP contribution in [-0.2, 0) is 9.59 Å². The molecule has 0 aromatic heterocycles. The van der Waals surface area contributed by atoms with Crippen molar-refractivity contribution in [1.29, 1.82) is 0 Å². The second-order valence-corrected chi connectivity index (χ2v) is 8.76. The molecule has 36 heavy (non-hydrogen) atoms. The number of rotatable bonds is 7. The molecule has 2 N–H and O–H groups in total. The van der Waals surface area contributed by atoms with Crippen LogP contribution in [-0.4, -0.2) is 38.5 Å². The Morgan fingerprint density at radius 1 is 0.889 bits per heavy atom. The highest BCUT2D eigenvalue weighted by Gasteiger charge is 2.36. The van der Waals surface area contributed by atoms with Crippen molar-refractivity contribution in [2.75, 3.05) is 36.3 Å². The summed E-state index contributed by atoms with van der Waals surface area (Å²) in [6.07, 6.45) is 0.115. The molecule has 3 aromatic rings. The number of anilines is 3. The van der Waals surface area contributed by atoms with Gasteiger partial charge in [-0.15, -0.1) is 0 Å². The largest absolute Gasteiger partial charge is 0.494 e. The van der Waals surface area contributed by atoms with Gasteiger partial charge in [0, 0.05) is 36.3 Å². The average molecular weight is 488 g/mol. The van der Waals surface area contributed by atoms with E-state index in [-0.39, 0.29) is 24.1 Å². The molecule has 8 heteroatoms. The fraction of sp³-hybridized carbons (Fsp3) is 0.250. The van der Waals surface area contributed by atoms with Crippen molar-refractivity contribution >= 4 is 34.8 Å². The summed E-state index contributed by atoms with van der Waals surface area (Å²) < 4.78 is 10.9. The Balaban J connectivity index is 1.52. The third-order valence-electron chi connectivity index (χ3n) is 6.21. The molecule has 3 aromatic carbocycles. The van der Waals surface area contributed by atoms with Crippen LogP contribution in [0.2, 0.25) is 0 Å². The second-order valence-electron chi connectivity index (χ2n) is 8.76. The number of amides is 3. The third-order valence-corrected chi connectivity index (χ3v) is 6.21. The molecule has 0 aliphatic carbocycles. The van der Waals surface area contributed by atoms with E-state index in [1.165, 1.54) is 14.2 Å². The van der Waals surface area contributed by atoms with Gasteiger partial charge in [0.1, 0.15) is 11.5 Å². The Bertz CT molecular complexity index is 1310. The smallest absolute Gasteiger partial charge is 0.255 e. The van der Waals surface area contributed by atoms with Crippen LogP contribution >= 0.6 is 0 Å². The van der Waals surface area contributed by atoms with Gasteiger partial charge in [-0.3, -0.25) is 14.4 Å². The molecule has 1 fully saturated rings. The van der Waals surface area contributed by atoms with Crippen LogP contribution < -0.4 is 25.0 Å². The summed E-state index contributed by atoms with van der Waals surface area (Å²) in [6, 6.07) is 17.9. The highest BCUT2D eigenvalue weighted by molar-refractivity contribution is 6.06. The van der Waals surface area contributed by atoms with Gasteiger partial charge in [-0.05, 0) is 43.2 Å². The number of carbonyl (C=O) groups excluding carboxylic acids is 3. The van der Waals surface area contributed by atoms with Crippen LogP contribution in [0.5, 0.6) is 11.5 Å². The fourth-order valence-electron chi connectivity index (χ4n) is 4.24. The van der Waals surface area contributed by atoms with Gasteiger partial charge >= 0.3 is 0 Å². The molecule has 1 saturated heterocycles. The average Bonchev–Trinajstić information content (AvgIpc) is 3.27. The molecule has 0 saturated carbocycles. The Morgan fingerprint density at radius 3 is 2.17 bits per heavy atom. The molecule has 1 aliphatic heterocycles. The van der Waals surface area contributed by atoms with Gasteiger partial charge in [0.15, 0.2) is 0 Å². The number of benzene rings is 3.